The number of nitrogens with one attached hydrogen (secondary N) is 1. The van der Waals surface area contributed by atoms with E-state index < -0.39 is 0 Å². The molecule has 6 nitrogen and oxygen atoms in total. The van der Waals surface area contributed by atoms with Gasteiger partial charge in [-0.15, -0.1) is 0 Å². The molecule has 1 saturated heterocycles. The molecular weight excluding hydrogens is 374 g/mol. The highest BCUT2D eigenvalue weighted by Gasteiger charge is 2.18. The molecule has 2 aromatic carbocycles. The van der Waals surface area contributed by atoms with E-state index in [-0.39, 0.29) is 0 Å². The Kier molecular flexibility index (Phi) is 4.88. The van der Waals surface area contributed by atoms with E-state index in [4.69, 9.17) is 20.0 Å². The normalized spacial score (nSPS) is 15.9. The molecule has 1 aliphatic heterocycles. The van der Waals surface area contributed by atoms with Crippen molar-refractivity contribution in [1.82, 2.24) is 19.7 Å². The molecule has 1 fully saturated rings. The van der Waals surface area contributed by atoms with E-state index in [9.17, 15) is 0 Å². The molecule has 0 radical (unpaired) electrons. The molecule has 148 valence electrons. The number of nitriles is 1. The van der Waals surface area contributed by atoms with Crippen molar-refractivity contribution in [3.63, 3.8) is 0 Å². The van der Waals surface area contributed by atoms with E-state index >= 15 is 0 Å². The lowest BCUT2D eigenvalue weighted by molar-refractivity contribution is 0.253. The third-order valence-electron chi connectivity index (χ3n) is 5.40. The molecule has 1 aliphatic rings. The molecule has 0 amide bonds. The maximum atomic E-state index is 9.07. The molecule has 4 aromatic rings. The fourth-order valence-electron chi connectivity index (χ4n) is 3.72. The van der Waals surface area contributed by atoms with E-state index in [0.29, 0.717) is 29.6 Å². The number of ether oxygens (including phenoxy) is 1. The number of benzene rings is 2. The van der Waals surface area contributed by atoms with Gasteiger partial charge in [0.15, 0.2) is 0 Å². The predicted molar refractivity (Wildman–Crippen MR) is 115 cm³/mol. The van der Waals surface area contributed by atoms with Gasteiger partial charge in [0.25, 0.3) is 5.88 Å². The van der Waals surface area contributed by atoms with Crippen LogP contribution in [-0.2, 0) is 0 Å². The van der Waals surface area contributed by atoms with Gasteiger partial charge in [0.05, 0.1) is 29.6 Å². The number of imidazole rings is 1. The molecule has 0 unspecified atom stereocenters. The van der Waals surface area contributed by atoms with E-state index in [1.807, 2.05) is 59.3 Å². The van der Waals surface area contributed by atoms with Crippen LogP contribution in [0.1, 0.15) is 12.0 Å². The van der Waals surface area contributed by atoms with Gasteiger partial charge in [-0.25, -0.2) is 9.97 Å². The van der Waals surface area contributed by atoms with Crippen molar-refractivity contribution < 1.29 is 4.74 Å². The van der Waals surface area contributed by atoms with Crippen LogP contribution >= 0.6 is 0 Å². The first-order chi connectivity index (χ1) is 14.8. The van der Waals surface area contributed by atoms with Crippen molar-refractivity contribution in [2.45, 2.75) is 6.42 Å². The van der Waals surface area contributed by atoms with Gasteiger partial charge in [-0.2, -0.15) is 5.26 Å². The Labute approximate surface area is 174 Å². The van der Waals surface area contributed by atoms with Gasteiger partial charge in [0.2, 0.25) is 5.65 Å². The smallest absolute Gasteiger partial charge is 0.258 e. The van der Waals surface area contributed by atoms with Crippen molar-refractivity contribution >= 4 is 5.65 Å². The minimum absolute atomic E-state index is 0.481. The molecule has 1 atom stereocenters. The summed E-state index contributed by atoms with van der Waals surface area (Å²) >= 11 is 0. The zero-order valence-electron chi connectivity index (χ0n) is 16.5. The number of hydrogen-bond donors (Lipinski definition) is 1. The van der Waals surface area contributed by atoms with Crippen molar-refractivity contribution in [3.05, 3.63) is 72.6 Å². The van der Waals surface area contributed by atoms with Gasteiger partial charge >= 0.3 is 0 Å². The van der Waals surface area contributed by atoms with Crippen LogP contribution in [0.5, 0.6) is 5.88 Å². The van der Waals surface area contributed by atoms with Crippen LogP contribution in [0.4, 0.5) is 0 Å². The first-order valence-corrected chi connectivity index (χ1v) is 10.1. The summed E-state index contributed by atoms with van der Waals surface area (Å²) in [6.07, 6.45) is 5.07. The van der Waals surface area contributed by atoms with E-state index in [2.05, 4.69) is 11.4 Å². The summed E-state index contributed by atoms with van der Waals surface area (Å²) < 4.78 is 8.15. The maximum Gasteiger partial charge on any atom is 0.258 e. The van der Waals surface area contributed by atoms with Crippen molar-refractivity contribution in [1.29, 1.82) is 5.26 Å². The molecule has 3 heterocycles. The van der Waals surface area contributed by atoms with Crippen molar-refractivity contribution in [3.8, 4) is 34.5 Å². The lowest BCUT2D eigenvalue weighted by Crippen LogP contribution is -2.16. The molecule has 5 rings (SSSR count). The third kappa shape index (κ3) is 3.63. The van der Waals surface area contributed by atoms with Crippen LogP contribution < -0.4 is 10.1 Å². The lowest BCUT2D eigenvalue weighted by Gasteiger charge is -2.12. The van der Waals surface area contributed by atoms with Crippen LogP contribution in [0, 0.1) is 17.2 Å². The van der Waals surface area contributed by atoms with Crippen molar-refractivity contribution in [2.24, 2.45) is 5.92 Å². The Balaban J connectivity index is 1.57. The van der Waals surface area contributed by atoms with E-state index in [0.717, 1.165) is 42.0 Å². The largest absolute Gasteiger partial charge is 0.475 e. The predicted octanol–water partition coefficient (Wildman–Crippen LogP) is 3.92. The number of aromatic nitrogens is 3. The zero-order valence-corrected chi connectivity index (χ0v) is 16.5. The third-order valence-corrected chi connectivity index (χ3v) is 5.40. The van der Waals surface area contributed by atoms with Gasteiger partial charge in [-0.3, -0.25) is 4.40 Å². The summed E-state index contributed by atoms with van der Waals surface area (Å²) in [6, 6.07) is 19.7. The van der Waals surface area contributed by atoms with Gasteiger partial charge in [0.1, 0.15) is 0 Å². The summed E-state index contributed by atoms with van der Waals surface area (Å²) in [4.78, 5) is 9.59. The van der Waals surface area contributed by atoms with Gasteiger partial charge in [0, 0.05) is 36.0 Å². The Hall–Kier alpha value is -3.69. The van der Waals surface area contributed by atoms with Crippen LogP contribution in [0.25, 0.3) is 28.2 Å². The summed E-state index contributed by atoms with van der Waals surface area (Å²) in [7, 11) is 0. The molecule has 0 bridgehead atoms. The Bertz CT molecular complexity index is 1200. The monoisotopic (exact) mass is 395 g/mol. The highest BCUT2D eigenvalue weighted by Crippen LogP contribution is 2.28. The first-order valence-electron chi connectivity index (χ1n) is 10.1. The highest BCUT2D eigenvalue weighted by atomic mass is 16.5. The zero-order chi connectivity index (χ0) is 20.3. The van der Waals surface area contributed by atoms with E-state index in [1.165, 1.54) is 0 Å². The van der Waals surface area contributed by atoms with Gasteiger partial charge < -0.3 is 10.1 Å². The molecule has 1 N–H and O–H groups in total. The Morgan fingerprint density at radius 3 is 2.43 bits per heavy atom. The second-order valence-corrected chi connectivity index (χ2v) is 7.51. The molecule has 6 heteroatoms. The number of fused-ring (bicyclic) bond motifs is 1. The molecule has 2 aromatic heterocycles. The summed E-state index contributed by atoms with van der Waals surface area (Å²) in [5.74, 6) is 1.01. The van der Waals surface area contributed by atoms with Crippen LogP contribution in [0.2, 0.25) is 0 Å². The summed E-state index contributed by atoms with van der Waals surface area (Å²) in [5.41, 5.74) is 4.96. The number of rotatable bonds is 5. The number of nitrogens with zero attached hydrogens (tertiary/aromatic N) is 4. The number of hydrogen-bond acceptors (Lipinski definition) is 5. The SMILES string of the molecule is N#Cc1ccc(-c2cn3cc(-c4ccccc4)nc3c(OC[C@@H]3CCNC3)n2)cc1. The summed E-state index contributed by atoms with van der Waals surface area (Å²) in [5, 5.41) is 12.4. The van der Waals surface area contributed by atoms with Crippen LogP contribution in [0.3, 0.4) is 0 Å². The fourth-order valence-corrected chi connectivity index (χ4v) is 3.72. The van der Waals surface area contributed by atoms with E-state index in [1.54, 1.807) is 12.1 Å². The minimum Gasteiger partial charge on any atom is -0.475 e. The average Bonchev–Trinajstić information content (AvgIpc) is 3.48. The minimum atomic E-state index is 0.481. The van der Waals surface area contributed by atoms with Crippen LogP contribution in [-0.4, -0.2) is 34.1 Å². The molecule has 0 aliphatic carbocycles. The highest BCUT2D eigenvalue weighted by molar-refractivity contribution is 5.68. The topological polar surface area (TPSA) is 75.2 Å². The average molecular weight is 395 g/mol. The Morgan fingerprint density at radius 2 is 1.73 bits per heavy atom. The standard InChI is InChI=1S/C24H21N5O/c25-12-17-6-8-20(9-7-17)22-15-29-14-21(19-4-2-1-3-5-19)27-23(29)24(28-22)30-16-18-10-11-26-13-18/h1-9,14-15,18,26H,10-11,13,16H2/t18-/m1/s1. The van der Waals surface area contributed by atoms with Crippen LogP contribution in [0.15, 0.2) is 67.0 Å². The Morgan fingerprint density at radius 1 is 1.00 bits per heavy atom. The van der Waals surface area contributed by atoms with Gasteiger partial charge in [-0.1, -0.05) is 42.5 Å². The molecular formula is C24H21N5O. The molecule has 30 heavy (non-hydrogen) atoms. The summed E-state index contributed by atoms with van der Waals surface area (Å²) in [6.45, 7) is 2.61. The fraction of sp³-hybridized carbons (Fsp3) is 0.208. The second-order valence-electron chi connectivity index (χ2n) is 7.51. The lowest BCUT2D eigenvalue weighted by atomic mass is 10.1. The molecule has 0 saturated carbocycles. The molecule has 0 spiro atoms. The first kappa shape index (κ1) is 18.3. The van der Waals surface area contributed by atoms with Crippen molar-refractivity contribution in [2.75, 3.05) is 19.7 Å². The van der Waals surface area contributed by atoms with Gasteiger partial charge in [-0.05, 0) is 25.1 Å². The quantitative estimate of drug-likeness (QED) is 0.554. The second kappa shape index (κ2) is 7.97. The maximum absolute atomic E-state index is 9.07.